The van der Waals surface area contributed by atoms with Gasteiger partial charge >= 0.3 is 18.7 Å². The van der Waals surface area contributed by atoms with Crippen LogP contribution in [-0.2, 0) is 41.1 Å². The number of piperidine rings is 1. The Bertz CT molecular complexity index is 2000. The maximum Gasteiger partial charge on any atom is 0.573 e. The van der Waals surface area contributed by atoms with Gasteiger partial charge in [-0.15, -0.1) is 13.2 Å². The van der Waals surface area contributed by atoms with Gasteiger partial charge in [0, 0.05) is 50.1 Å². The van der Waals surface area contributed by atoms with Crippen LogP contribution in [0, 0.1) is 11.7 Å². The molecule has 2 heterocycles. The fourth-order valence-corrected chi connectivity index (χ4v) is 9.19. The molecular formula is C36H34F10N2O7S. The first-order chi connectivity index (χ1) is 26.0. The molecule has 3 aromatic rings. The first-order valence-corrected chi connectivity index (χ1v) is 18.3. The van der Waals surface area contributed by atoms with Crippen LogP contribution in [-0.4, -0.2) is 82.0 Å². The van der Waals surface area contributed by atoms with Crippen molar-refractivity contribution in [1.82, 2.24) is 9.80 Å². The summed E-state index contributed by atoms with van der Waals surface area (Å²) in [6, 6.07) is 7.86. The molecule has 0 aliphatic carbocycles. The van der Waals surface area contributed by atoms with Gasteiger partial charge in [0.1, 0.15) is 22.1 Å². The summed E-state index contributed by atoms with van der Waals surface area (Å²) in [6.07, 6.45) is -17.6. The molecule has 0 saturated carbocycles. The van der Waals surface area contributed by atoms with E-state index in [2.05, 4.69) is 9.47 Å². The summed E-state index contributed by atoms with van der Waals surface area (Å²) in [5.41, 5.74) is -7.62. The molecule has 9 nitrogen and oxygen atoms in total. The zero-order chi connectivity index (χ0) is 41.5. The average molecular weight is 829 g/mol. The lowest BCUT2D eigenvalue weighted by Gasteiger charge is -2.38. The lowest BCUT2D eigenvalue weighted by Crippen LogP contribution is -2.55. The molecule has 0 aromatic heterocycles. The van der Waals surface area contributed by atoms with Crippen molar-refractivity contribution in [3.63, 3.8) is 0 Å². The second-order valence-electron chi connectivity index (χ2n) is 13.3. The van der Waals surface area contributed by atoms with Crippen molar-refractivity contribution in [2.24, 2.45) is 5.92 Å². The van der Waals surface area contributed by atoms with E-state index in [4.69, 9.17) is 4.74 Å². The van der Waals surface area contributed by atoms with Crippen molar-refractivity contribution < 1.29 is 76.1 Å². The second kappa shape index (κ2) is 15.4. The monoisotopic (exact) mass is 828 g/mol. The minimum absolute atomic E-state index is 0.176. The molecule has 20 heteroatoms. The fourth-order valence-electron chi connectivity index (χ4n) is 7.11. The van der Waals surface area contributed by atoms with Crippen LogP contribution in [0.15, 0.2) is 71.6 Å². The Morgan fingerprint density at radius 3 is 1.93 bits per heavy atom. The first kappa shape index (κ1) is 42.6. The Balaban J connectivity index is 1.56. The Hall–Kier alpha value is -4.59. The van der Waals surface area contributed by atoms with Crippen LogP contribution in [0.1, 0.15) is 42.9 Å². The van der Waals surface area contributed by atoms with E-state index >= 15 is 0 Å². The summed E-state index contributed by atoms with van der Waals surface area (Å²) in [6.45, 7) is -0.428. The molecule has 2 amide bonds. The molecule has 0 N–H and O–H groups in total. The maximum atomic E-state index is 14.8. The Morgan fingerprint density at radius 1 is 0.821 bits per heavy atom. The van der Waals surface area contributed by atoms with Crippen LogP contribution >= 0.6 is 0 Å². The van der Waals surface area contributed by atoms with Gasteiger partial charge in [0.05, 0.1) is 18.6 Å². The number of sulfone groups is 1. The summed E-state index contributed by atoms with van der Waals surface area (Å²) >= 11 is 0. The zero-order valence-corrected chi connectivity index (χ0v) is 30.3. The lowest BCUT2D eigenvalue weighted by atomic mass is 9.88. The summed E-state index contributed by atoms with van der Waals surface area (Å²) in [5, 5.41) is 0. The number of likely N-dealkylation sites (tertiary alicyclic amines) is 2. The molecule has 2 saturated heterocycles. The highest BCUT2D eigenvalue weighted by atomic mass is 32.2. The number of hydrogen-bond donors (Lipinski definition) is 0. The molecule has 0 radical (unpaired) electrons. The molecule has 0 spiro atoms. The first-order valence-electron chi connectivity index (χ1n) is 16.8. The van der Waals surface area contributed by atoms with E-state index in [1.807, 2.05) is 0 Å². The van der Waals surface area contributed by atoms with Gasteiger partial charge in [0.15, 0.2) is 9.84 Å². The summed E-state index contributed by atoms with van der Waals surface area (Å²) in [7, 11) is -3.69. The minimum Gasteiger partial charge on any atom is -0.496 e. The van der Waals surface area contributed by atoms with E-state index in [1.54, 1.807) is 4.90 Å². The molecule has 3 aromatic carbocycles. The van der Waals surface area contributed by atoms with Crippen molar-refractivity contribution in [3.8, 4) is 11.5 Å². The van der Waals surface area contributed by atoms with Gasteiger partial charge in [0.2, 0.25) is 11.8 Å². The van der Waals surface area contributed by atoms with Crippen molar-refractivity contribution >= 4 is 21.7 Å². The molecule has 0 bridgehead atoms. The Kier molecular flexibility index (Phi) is 11.7. The van der Waals surface area contributed by atoms with E-state index in [0.29, 0.717) is 18.2 Å². The van der Waals surface area contributed by atoms with Crippen LogP contribution in [0.25, 0.3) is 0 Å². The van der Waals surface area contributed by atoms with Crippen molar-refractivity contribution in [1.29, 1.82) is 0 Å². The third-order valence-corrected chi connectivity index (χ3v) is 12.5. The average Bonchev–Trinajstić information content (AvgIpc) is 3.58. The van der Waals surface area contributed by atoms with Gasteiger partial charge in [0.25, 0.3) is 5.60 Å². The number of alkyl halides is 9. The number of rotatable bonds is 10. The van der Waals surface area contributed by atoms with E-state index < -0.39 is 97.2 Å². The summed E-state index contributed by atoms with van der Waals surface area (Å²) in [5.74, 6) is -3.46. The molecule has 1 unspecified atom stereocenters. The molecule has 2 aliphatic rings. The number of carbonyl (C=O) groups is 2. The SMILES string of the molecule is COc1ccc(OC(F)(F)F)cc1COC(c1ccc(C2(S(=O)(=O)c3ccc(F)cc3)CCN(C(=O)C3CCN(C(C)=O)CC3)C2)cc1)(C(F)(F)F)C(F)(F)F. The molecule has 5 rings (SSSR count). The highest BCUT2D eigenvalue weighted by Crippen LogP contribution is 2.54. The standard InChI is InChI=1S/C36H34F10N2O7S/c1-22(49)47-16-13-23(14-17-47)31(50)48-18-15-32(21-48,56(51,52)29-10-7-27(37)8-11-29)25-3-5-26(6-4-25)33(34(38,39)40,35(41,42)43)54-20-24-19-28(55-36(44,45)46)9-12-30(24)53-2/h3-12,19,23H,13-18,20-21H2,1-2H3. The topological polar surface area (TPSA) is 102 Å². The molecule has 56 heavy (non-hydrogen) atoms. The highest BCUT2D eigenvalue weighted by Gasteiger charge is 2.73. The van der Waals surface area contributed by atoms with E-state index in [-0.39, 0.29) is 50.4 Å². The van der Waals surface area contributed by atoms with E-state index in [1.165, 1.54) is 11.8 Å². The Morgan fingerprint density at radius 2 is 1.41 bits per heavy atom. The highest BCUT2D eigenvalue weighted by molar-refractivity contribution is 7.92. The molecule has 306 valence electrons. The van der Waals surface area contributed by atoms with Gasteiger partial charge < -0.3 is 24.0 Å². The van der Waals surface area contributed by atoms with Crippen molar-refractivity contribution in [3.05, 3.63) is 89.2 Å². The third-order valence-electron chi connectivity index (χ3n) is 10.0. The number of benzene rings is 3. The number of methoxy groups -OCH3 is 1. The smallest absolute Gasteiger partial charge is 0.496 e. The number of halogens is 10. The number of ether oxygens (including phenoxy) is 3. The van der Waals surface area contributed by atoms with Gasteiger partial charge in [-0.1, -0.05) is 24.3 Å². The quantitative estimate of drug-likeness (QED) is 0.155. The molecule has 2 fully saturated rings. The van der Waals surface area contributed by atoms with Crippen LogP contribution in [0.4, 0.5) is 43.9 Å². The number of amides is 2. The van der Waals surface area contributed by atoms with Crippen LogP contribution < -0.4 is 9.47 Å². The van der Waals surface area contributed by atoms with Gasteiger partial charge in [-0.2, -0.15) is 26.3 Å². The van der Waals surface area contributed by atoms with Gasteiger partial charge in [-0.05, 0) is 67.3 Å². The van der Waals surface area contributed by atoms with Crippen LogP contribution in [0.5, 0.6) is 11.5 Å². The van der Waals surface area contributed by atoms with Gasteiger partial charge in [-0.3, -0.25) is 9.59 Å². The second-order valence-corrected chi connectivity index (χ2v) is 15.6. The van der Waals surface area contributed by atoms with Gasteiger partial charge in [-0.25, -0.2) is 12.8 Å². The molecular weight excluding hydrogens is 794 g/mol. The predicted octanol–water partition coefficient (Wildman–Crippen LogP) is 7.43. The minimum atomic E-state index is -6.26. The third kappa shape index (κ3) is 8.12. The fraction of sp³-hybridized carbons (Fsp3) is 0.444. The number of nitrogens with zero attached hydrogens (tertiary/aromatic N) is 2. The predicted molar refractivity (Wildman–Crippen MR) is 176 cm³/mol. The van der Waals surface area contributed by atoms with Crippen LogP contribution in [0.2, 0.25) is 0 Å². The number of hydrogen-bond acceptors (Lipinski definition) is 7. The zero-order valence-electron chi connectivity index (χ0n) is 29.5. The largest absolute Gasteiger partial charge is 0.573 e. The lowest BCUT2D eigenvalue weighted by molar-refractivity contribution is -0.392. The number of carbonyl (C=O) groups excluding carboxylic acids is 2. The summed E-state index contributed by atoms with van der Waals surface area (Å²) < 4.78 is 181. The van der Waals surface area contributed by atoms with E-state index in [9.17, 15) is 61.9 Å². The van der Waals surface area contributed by atoms with Crippen LogP contribution in [0.3, 0.4) is 0 Å². The molecule has 1 atom stereocenters. The molecule has 2 aliphatic heterocycles. The van der Waals surface area contributed by atoms with E-state index in [0.717, 1.165) is 55.6 Å². The maximum absolute atomic E-state index is 14.8. The van der Waals surface area contributed by atoms with Crippen molar-refractivity contribution in [2.75, 3.05) is 33.3 Å². The summed E-state index contributed by atoms with van der Waals surface area (Å²) in [4.78, 5) is 27.8. The van der Waals surface area contributed by atoms with Crippen molar-refractivity contribution in [2.45, 2.75) is 66.8 Å². The normalized spacial score (nSPS) is 18.9. The Labute approximate surface area is 314 Å².